The predicted molar refractivity (Wildman–Crippen MR) is 531 cm³/mol. The van der Waals surface area contributed by atoms with Crippen LogP contribution in [0.5, 0.6) is 0 Å². The highest BCUT2D eigenvalue weighted by atomic mass is 79.9. The Bertz CT molecular complexity index is 6260. The molecule has 700 valence electrons. The lowest BCUT2D eigenvalue weighted by Crippen LogP contribution is -2.53. The van der Waals surface area contributed by atoms with Crippen molar-refractivity contribution in [2.24, 2.45) is 33.7 Å². The molecule has 26 heteroatoms. The number of carbonyl (C=O) groups excluding carboxylic acids is 6. The topological polar surface area (TPSA) is 321 Å². The van der Waals surface area contributed by atoms with Crippen molar-refractivity contribution in [2.75, 3.05) is 41.0 Å². The van der Waals surface area contributed by atoms with Crippen LogP contribution >= 0.6 is 15.9 Å². The summed E-state index contributed by atoms with van der Waals surface area (Å²) in [5, 5.41) is 21.3. The number of hydrogen-bond donors (Lipinski definition) is 6. The third kappa shape index (κ3) is 22.5. The van der Waals surface area contributed by atoms with Crippen LogP contribution in [0.15, 0.2) is 203 Å². The summed E-state index contributed by atoms with van der Waals surface area (Å²) in [6.45, 7) is 18.9. The summed E-state index contributed by atoms with van der Waals surface area (Å²) in [6.07, 6.45) is 25.1. The first-order valence-electron chi connectivity index (χ1n) is 47.3. The number of halogens is 1. The zero-order valence-electron chi connectivity index (χ0n) is 78.8. The van der Waals surface area contributed by atoms with Crippen molar-refractivity contribution in [1.82, 2.24) is 55.2 Å². The normalized spacial score (nSPS) is 18.0. The van der Waals surface area contributed by atoms with Gasteiger partial charge in [0, 0.05) is 89.3 Å². The predicted octanol–water partition coefficient (Wildman–Crippen LogP) is 23.2. The molecule has 6 atom stereocenters. The number of rotatable bonds is 22. The number of ether oxygens (including phenoxy) is 4. The van der Waals surface area contributed by atoms with Crippen LogP contribution in [0.25, 0.3) is 99.5 Å². The van der Waals surface area contributed by atoms with Gasteiger partial charge in [-0.25, -0.2) is 29.3 Å². The third-order valence-electron chi connectivity index (χ3n) is 27.0. The van der Waals surface area contributed by atoms with E-state index in [4.69, 9.17) is 39.3 Å². The first-order chi connectivity index (χ1) is 64.6. The molecule has 2 saturated carbocycles. The minimum Gasteiger partial charge on any atom is -0.481 e. The van der Waals surface area contributed by atoms with Crippen LogP contribution in [0, 0.1) is 23.7 Å². The number of aromatic nitrogens is 6. The lowest BCUT2D eigenvalue weighted by Gasteiger charge is -2.31. The lowest BCUT2D eigenvalue weighted by molar-refractivity contribution is -0.151. The molecular formula is C108H124BrN13O12. The van der Waals surface area contributed by atoms with E-state index in [1.54, 1.807) is 13.8 Å². The Morgan fingerprint density at radius 1 is 0.448 bits per heavy atom. The fourth-order valence-electron chi connectivity index (χ4n) is 19.6. The summed E-state index contributed by atoms with van der Waals surface area (Å²) in [5.41, 5.74) is 17.1. The van der Waals surface area contributed by atoms with Crippen LogP contribution in [0.2, 0.25) is 0 Å². The summed E-state index contributed by atoms with van der Waals surface area (Å²) in [6, 6.07) is 54.4. The van der Waals surface area contributed by atoms with Gasteiger partial charge in [-0.3, -0.25) is 34.1 Å². The highest BCUT2D eigenvalue weighted by molar-refractivity contribution is 9.10. The number of H-pyrrole nitrogens is 3. The minimum atomic E-state index is -0.949. The first-order valence-corrected chi connectivity index (χ1v) is 48.1. The molecule has 18 rings (SSSR count). The van der Waals surface area contributed by atoms with Crippen molar-refractivity contribution in [2.45, 2.75) is 219 Å². The number of carboxylic acids is 1. The molecule has 11 aromatic rings. The van der Waals surface area contributed by atoms with Crippen molar-refractivity contribution in [3.05, 3.63) is 222 Å². The van der Waals surface area contributed by atoms with Crippen molar-refractivity contribution in [1.29, 1.82) is 0 Å². The number of carbonyl (C=O) groups is 7. The Kier molecular flexibility index (Phi) is 30.7. The SMILES string of the molecule is Brc1cccc2cc(-c3cnc(C4CCCC4)[nH]3)ccc12.CC(C)(C)OC(=O)N1CCC[C@H]1C1=NC=C(c2cccc(-c3cccc4cc(-c5cnc(C6CCCC6)[nH]5)ccc34)c2)C1.COC(=O)C[C@H](C(=O)O)C(C)C.COC(=O)N[C@H](C(=O)N1CCC[C@H]1C1=NC=C(c2cccc(-c3cccc4cc(-c5cnc([C@@H]6CCCN6C(=O)[C@@H](NC(=O)OC)C(C)C)[nH]5)ccc34)c2)C1)C(C)C. The number of carboxylic acid groups (broad SMARTS) is 1. The second-order valence-corrected chi connectivity index (χ2v) is 39.0. The maximum Gasteiger partial charge on any atom is 0.410 e. The van der Waals surface area contributed by atoms with Gasteiger partial charge in [-0.15, -0.1) is 0 Å². The fourth-order valence-corrected chi connectivity index (χ4v) is 20.2. The largest absolute Gasteiger partial charge is 0.481 e. The standard InChI is InChI=1S/C45H53N7O6.C37H40N4O2.C18H17BrN2.C8H14O4/c1-26(2)39(49-44(55)57-5)42(53)51-19-9-15-37(51)35-23-32(24-46-35)28-11-7-12-29(21-28)33-14-8-13-30-22-31(17-18-34(30)33)36-25-47-41(48-36)38-16-10-20-52(38)43(54)40(27(3)4)50-45(56)58-6;1-37(2,3)43-36(42)41-18-8-15-34(41)32-21-29(22-38-32)25-11-6-12-26(19-25)30-14-7-13-27-20-28(16-17-31(27)30)33-23-39-35(40-33)24-9-4-5-10-24;19-16-7-3-6-13-10-14(8-9-15(13)16)17-11-20-18(21-17)12-4-1-2-5-12;1-5(2)6(8(10)11)4-7(9)12-3/h7-8,11-14,17-18,21-22,24-27,37-40H,9-10,15-16,19-20,23H2,1-6H3,(H,47,48)(H,49,55)(H,50,56);6-7,11-14,16-17,19-20,22-24,34H,4-5,8-10,15,18,21H2,1-3H3,(H,39,40);3,6-12H,1-2,4-5H2,(H,20,21);5-6H,4H2,1-3H3,(H,10,11)/t37-,38-,39-,40-;34-;;6-/m00.0/s1. The molecule has 0 radical (unpaired) electrons. The Morgan fingerprint density at radius 3 is 1.28 bits per heavy atom. The maximum atomic E-state index is 13.7. The van der Waals surface area contributed by atoms with Crippen LogP contribution in [0.4, 0.5) is 14.4 Å². The fraction of sp³-hybridized carbons (Fsp3) is 0.407. The Labute approximate surface area is 792 Å². The summed E-state index contributed by atoms with van der Waals surface area (Å²) in [4.78, 5) is 125. The van der Waals surface area contributed by atoms with Gasteiger partial charge in [-0.05, 0) is 216 Å². The molecule has 0 unspecified atom stereocenters. The van der Waals surface area contributed by atoms with Crippen molar-refractivity contribution < 1.29 is 57.6 Å². The van der Waals surface area contributed by atoms with Gasteiger partial charge in [0.15, 0.2) is 0 Å². The summed E-state index contributed by atoms with van der Waals surface area (Å²) in [7, 11) is 3.85. The number of fused-ring (bicyclic) bond motifs is 3. The molecule has 134 heavy (non-hydrogen) atoms. The number of amides is 5. The molecular weight excluding hydrogens is 1750 g/mol. The molecule has 3 saturated heterocycles. The maximum absolute atomic E-state index is 13.7. The Hall–Kier alpha value is -12.8. The lowest BCUT2D eigenvalue weighted by atomic mass is 9.93. The van der Waals surface area contributed by atoms with E-state index in [1.165, 1.54) is 128 Å². The van der Waals surface area contributed by atoms with Crippen molar-refractivity contribution in [3.8, 4) is 56.0 Å². The summed E-state index contributed by atoms with van der Waals surface area (Å²) < 4.78 is 20.8. The van der Waals surface area contributed by atoms with E-state index in [0.29, 0.717) is 37.9 Å². The van der Waals surface area contributed by atoms with Crippen LogP contribution in [0.1, 0.15) is 218 Å². The van der Waals surface area contributed by atoms with E-state index in [2.05, 4.69) is 209 Å². The van der Waals surface area contributed by atoms with Gasteiger partial charge in [-0.2, -0.15) is 0 Å². The Morgan fingerprint density at radius 2 is 0.843 bits per heavy atom. The van der Waals surface area contributed by atoms with E-state index in [1.807, 2.05) is 94.2 Å². The number of esters is 1. The third-order valence-corrected chi connectivity index (χ3v) is 27.6. The van der Waals surface area contributed by atoms with Gasteiger partial charge >= 0.3 is 30.2 Å². The number of aliphatic carboxylic acids is 1. The number of likely N-dealkylation sites (tertiary alicyclic amines) is 3. The number of alkyl carbamates (subject to hydrolysis) is 2. The van der Waals surface area contributed by atoms with E-state index < -0.39 is 47.7 Å². The molecule has 0 spiro atoms. The highest BCUT2D eigenvalue weighted by Gasteiger charge is 2.42. The van der Waals surface area contributed by atoms with Gasteiger partial charge in [0.2, 0.25) is 11.8 Å². The number of imidazole rings is 3. The number of methoxy groups -OCH3 is 3. The summed E-state index contributed by atoms with van der Waals surface area (Å²) in [5.74, 6) is 1.66. The molecule has 2 aliphatic carbocycles. The van der Waals surface area contributed by atoms with Crippen molar-refractivity contribution >= 4 is 113 Å². The zero-order chi connectivity index (χ0) is 94.6. The molecule has 8 heterocycles. The molecule has 5 aliphatic heterocycles. The highest BCUT2D eigenvalue weighted by Crippen LogP contribution is 2.43. The summed E-state index contributed by atoms with van der Waals surface area (Å²) >= 11 is 3.61. The van der Waals surface area contributed by atoms with Gasteiger partial charge in [0.25, 0.3) is 0 Å². The van der Waals surface area contributed by atoms with E-state index in [0.717, 1.165) is 134 Å². The second kappa shape index (κ2) is 43.0. The Balaban J connectivity index is 0.000000156. The average molecular weight is 1880 g/mol. The molecule has 3 aromatic heterocycles. The van der Waals surface area contributed by atoms with Crippen LogP contribution in [-0.4, -0.2) is 174 Å². The number of nitrogens with one attached hydrogen (secondary N) is 5. The average Bonchev–Trinajstić information content (AvgIpc) is 1.34. The quantitative estimate of drug-likeness (QED) is 0.0271. The van der Waals surface area contributed by atoms with E-state index in [9.17, 15) is 33.6 Å². The number of benzene rings is 8. The van der Waals surface area contributed by atoms with Gasteiger partial charge in [0.1, 0.15) is 35.2 Å². The van der Waals surface area contributed by atoms with Crippen molar-refractivity contribution in [3.63, 3.8) is 0 Å². The zero-order valence-corrected chi connectivity index (χ0v) is 80.4. The molecule has 5 fully saturated rings. The van der Waals surface area contributed by atoms with Gasteiger partial charge in [-0.1, -0.05) is 204 Å². The number of aliphatic imine (C=N–C) groups is 2. The van der Waals surface area contributed by atoms with Crippen LogP contribution in [0.3, 0.4) is 0 Å². The minimum absolute atomic E-state index is 0.00293. The molecule has 8 aromatic carbocycles. The number of allylic oxidation sites excluding steroid dienone is 2. The number of aromatic amines is 3. The van der Waals surface area contributed by atoms with E-state index in [-0.39, 0.29) is 60.2 Å². The molecule has 6 N–H and O–H groups in total. The molecule has 7 aliphatic rings. The smallest absolute Gasteiger partial charge is 0.410 e. The van der Waals surface area contributed by atoms with Crippen LogP contribution in [-0.2, 0) is 38.1 Å². The van der Waals surface area contributed by atoms with Gasteiger partial charge in [0.05, 0.1) is 87.5 Å². The first kappa shape index (κ1) is 95.8. The molecule has 5 amide bonds. The second-order valence-electron chi connectivity index (χ2n) is 38.1. The monoisotopic (exact) mass is 1870 g/mol. The van der Waals surface area contributed by atoms with Crippen LogP contribution < -0.4 is 10.6 Å². The number of nitrogens with zero attached hydrogens (tertiary/aromatic N) is 8. The number of hydrogen-bond acceptors (Lipinski definition) is 16. The molecule has 0 bridgehead atoms. The van der Waals surface area contributed by atoms with Gasteiger partial charge < -0.3 is 59.4 Å². The van der Waals surface area contributed by atoms with E-state index >= 15 is 0 Å². The molecule has 25 nitrogen and oxygen atoms in total.